The topological polar surface area (TPSA) is 55.8 Å². The molecule has 1 saturated carbocycles. The Hall–Kier alpha value is -1.39. The lowest BCUT2D eigenvalue weighted by molar-refractivity contribution is -0.141. The molecule has 0 unspecified atom stereocenters. The third kappa shape index (κ3) is 6.71. The Balaban J connectivity index is 1.59. The van der Waals surface area contributed by atoms with Crippen LogP contribution in [-0.4, -0.2) is 30.4 Å². The van der Waals surface area contributed by atoms with Gasteiger partial charge in [-0.05, 0) is 50.7 Å². The van der Waals surface area contributed by atoms with E-state index in [2.05, 4.69) is 0 Å². The molecule has 128 valence electrons. The fourth-order valence-corrected chi connectivity index (χ4v) is 2.97. The molecule has 0 atom stereocenters. The lowest BCUT2D eigenvalue weighted by Crippen LogP contribution is -2.29. The Labute approximate surface area is 138 Å². The summed E-state index contributed by atoms with van der Waals surface area (Å²) in [7, 11) is 0. The zero-order valence-corrected chi connectivity index (χ0v) is 13.8. The lowest BCUT2D eigenvalue weighted by Gasteiger charge is -2.27. The molecule has 1 N–H and O–H groups in total. The molecule has 0 radical (unpaired) electrons. The number of ether oxygens (including phenoxy) is 2. The number of benzene rings is 1. The number of carbonyl (C=O) groups is 1. The van der Waals surface area contributed by atoms with Gasteiger partial charge in [-0.1, -0.05) is 31.0 Å². The Morgan fingerprint density at radius 3 is 2.39 bits per heavy atom. The van der Waals surface area contributed by atoms with Crippen LogP contribution in [0.25, 0.3) is 0 Å². The average Bonchev–Trinajstić information content (AvgIpc) is 2.59. The first-order chi connectivity index (χ1) is 11.3. The molecule has 2 rings (SSSR count). The number of aliphatic hydroxyl groups excluding tert-OH is 1. The summed E-state index contributed by atoms with van der Waals surface area (Å²) in [5, 5.41) is 8.72. The molecule has 0 bridgehead atoms. The zero-order chi connectivity index (χ0) is 16.3. The fraction of sp³-hybridized carbons (Fsp3) is 0.632. The number of esters is 1. The van der Waals surface area contributed by atoms with Gasteiger partial charge in [0.05, 0.1) is 12.0 Å². The van der Waals surface area contributed by atoms with Crippen LogP contribution < -0.4 is 4.74 Å². The Morgan fingerprint density at radius 1 is 1.00 bits per heavy atom. The predicted octanol–water partition coefficient (Wildman–Crippen LogP) is 3.72. The fourth-order valence-electron chi connectivity index (χ4n) is 2.97. The second kappa shape index (κ2) is 10.4. The Bertz CT molecular complexity index is 438. The predicted molar refractivity (Wildman–Crippen MR) is 89.3 cm³/mol. The van der Waals surface area contributed by atoms with Crippen molar-refractivity contribution in [3.05, 3.63) is 30.3 Å². The largest absolute Gasteiger partial charge is 0.426 e. The van der Waals surface area contributed by atoms with Gasteiger partial charge in [-0.2, -0.15) is 0 Å². The third-order valence-corrected chi connectivity index (χ3v) is 4.38. The van der Waals surface area contributed by atoms with Gasteiger partial charge in [-0.25, -0.2) is 0 Å². The molecule has 23 heavy (non-hydrogen) atoms. The van der Waals surface area contributed by atoms with Gasteiger partial charge in [0, 0.05) is 13.2 Å². The first kappa shape index (κ1) is 18.0. The second-order valence-corrected chi connectivity index (χ2v) is 6.22. The van der Waals surface area contributed by atoms with E-state index in [0.29, 0.717) is 5.75 Å². The maximum Gasteiger partial charge on any atom is 0.314 e. The van der Waals surface area contributed by atoms with Crippen molar-refractivity contribution in [2.75, 3.05) is 13.2 Å². The van der Waals surface area contributed by atoms with Crippen LogP contribution in [0.1, 0.15) is 51.4 Å². The maximum absolute atomic E-state index is 12.2. The summed E-state index contributed by atoms with van der Waals surface area (Å²) in [6.45, 7) is 1.07. The van der Waals surface area contributed by atoms with Crippen LogP contribution in [0.2, 0.25) is 0 Å². The molecule has 4 nitrogen and oxygen atoms in total. The Kier molecular flexibility index (Phi) is 8.12. The van der Waals surface area contributed by atoms with Crippen molar-refractivity contribution in [1.82, 2.24) is 0 Å². The lowest BCUT2D eigenvalue weighted by atomic mass is 9.87. The number of carbonyl (C=O) groups excluding carboxylic acids is 1. The van der Waals surface area contributed by atoms with E-state index >= 15 is 0 Å². The van der Waals surface area contributed by atoms with Crippen LogP contribution in [0.4, 0.5) is 0 Å². The van der Waals surface area contributed by atoms with Crippen molar-refractivity contribution in [2.45, 2.75) is 57.5 Å². The van der Waals surface area contributed by atoms with Gasteiger partial charge < -0.3 is 14.6 Å². The number of para-hydroxylation sites is 1. The molecule has 4 heteroatoms. The number of unbranched alkanes of at least 4 members (excludes halogenated alkanes) is 3. The molecule has 1 aromatic carbocycles. The van der Waals surface area contributed by atoms with Crippen LogP contribution in [0.15, 0.2) is 30.3 Å². The summed E-state index contributed by atoms with van der Waals surface area (Å²) in [5.74, 6) is 0.511. The highest BCUT2D eigenvalue weighted by molar-refractivity contribution is 5.75. The first-order valence-electron chi connectivity index (χ1n) is 8.79. The number of hydrogen-bond donors (Lipinski definition) is 1. The molecule has 1 aromatic rings. The molecule has 0 amide bonds. The van der Waals surface area contributed by atoms with E-state index in [4.69, 9.17) is 14.6 Å². The van der Waals surface area contributed by atoms with E-state index in [1.165, 1.54) is 0 Å². The zero-order valence-electron chi connectivity index (χ0n) is 13.8. The first-order valence-corrected chi connectivity index (χ1v) is 8.79. The summed E-state index contributed by atoms with van der Waals surface area (Å²) < 4.78 is 11.3. The standard InChI is InChI=1S/C19H28O4/c20-14-6-1-2-7-15-22-17-12-10-16(11-13-17)19(21)23-18-8-4-3-5-9-18/h3-5,8-9,16-17,20H,1-2,6-7,10-15H2. The average molecular weight is 320 g/mol. The van der Waals surface area contributed by atoms with Crippen LogP contribution in [0, 0.1) is 5.92 Å². The quantitative estimate of drug-likeness (QED) is 0.428. The summed E-state index contributed by atoms with van der Waals surface area (Å²) >= 11 is 0. The molecule has 0 aliphatic heterocycles. The van der Waals surface area contributed by atoms with Crippen LogP contribution >= 0.6 is 0 Å². The summed E-state index contributed by atoms with van der Waals surface area (Å²) in [6, 6.07) is 9.26. The molecular formula is C19H28O4. The summed E-state index contributed by atoms with van der Waals surface area (Å²) in [5.41, 5.74) is 0. The molecule has 0 aromatic heterocycles. The molecular weight excluding hydrogens is 292 g/mol. The van der Waals surface area contributed by atoms with Crippen molar-refractivity contribution in [3.63, 3.8) is 0 Å². The molecule has 1 aliphatic rings. The van der Waals surface area contributed by atoms with Gasteiger partial charge in [0.2, 0.25) is 0 Å². The number of rotatable bonds is 9. The summed E-state index contributed by atoms with van der Waals surface area (Å²) in [4.78, 5) is 12.2. The van der Waals surface area contributed by atoms with Crippen LogP contribution in [-0.2, 0) is 9.53 Å². The number of hydrogen-bond acceptors (Lipinski definition) is 4. The van der Waals surface area contributed by atoms with E-state index in [9.17, 15) is 4.79 Å². The second-order valence-electron chi connectivity index (χ2n) is 6.22. The van der Waals surface area contributed by atoms with Crippen molar-refractivity contribution in [1.29, 1.82) is 0 Å². The van der Waals surface area contributed by atoms with Gasteiger partial charge in [-0.15, -0.1) is 0 Å². The van der Waals surface area contributed by atoms with Crippen molar-refractivity contribution in [2.24, 2.45) is 5.92 Å². The van der Waals surface area contributed by atoms with Crippen molar-refractivity contribution < 1.29 is 19.4 Å². The monoisotopic (exact) mass is 320 g/mol. The minimum absolute atomic E-state index is 0.000361. The van der Waals surface area contributed by atoms with E-state index in [0.717, 1.165) is 58.0 Å². The molecule has 0 spiro atoms. The van der Waals surface area contributed by atoms with E-state index in [1.54, 1.807) is 0 Å². The minimum Gasteiger partial charge on any atom is -0.426 e. The van der Waals surface area contributed by atoms with Gasteiger partial charge in [-0.3, -0.25) is 4.79 Å². The highest BCUT2D eigenvalue weighted by Gasteiger charge is 2.28. The van der Waals surface area contributed by atoms with E-state index in [1.807, 2.05) is 30.3 Å². The smallest absolute Gasteiger partial charge is 0.314 e. The van der Waals surface area contributed by atoms with Gasteiger partial charge in [0.15, 0.2) is 0 Å². The van der Waals surface area contributed by atoms with Crippen molar-refractivity contribution >= 4 is 5.97 Å². The summed E-state index contributed by atoms with van der Waals surface area (Å²) in [6.07, 6.45) is 7.97. The van der Waals surface area contributed by atoms with Crippen molar-refractivity contribution in [3.8, 4) is 5.75 Å². The SMILES string of the molecule is O=C(Oc1ccccc1)C1CCC(OCCCCCCO)CC1. The maximum atomic E-state index is 12.2. The van der Waals surface area contributed by atoms with Gasteiger partial charge >= 0.3 is 5.97 Å². The third-order valence-electron chi connectivity index (χ3n) is 4.38. The molecule has 0 heterocycles. The van der Waals surface area contributed by atoms with Crippen LogP contribution in [0.5, 0.6) is 5.75 Å². The van der Waals surface area contributed by atoms with Gasteiger partial charge in [0.25, 0.3) is 0 Å². The van der Waals surface area contributed by atoms with E-state index in [-0.39, 0.29) is 24.6 Å². The molecule has 1 aliphatic carbocycles. The van der Waals surface area contributed by atoms with Crippen LogP contribution in [0.3, 0.4) is 0 Å². The van der Waals surface area contributed by atoms with E-state index < -0.39 is 0 Å². The highest BCUT2D eigenvalue weighted by Crippen LogP contribution is 2.28. The number of aliphatic hydroxyl groups is 1. The normalized spacial score (nSPS) is 21.1. The molecule has 0 saturated heterocycles. The Morgan fingerprint density at radius 2 is 1.70 bits per heavy atom. The van der Waals surface area contributed by atoms with Gasteiger partial charge in [0.1, 0.15) is 5.75 Å². The molecule has 1 fully saturated rings. The highest BCUT2D eigenvalue weighted by atomic mass is 16.5. The minimum atomic E-state index is -0.112.